The van der Waals surface area contributed by atoms with E-state index in [4.69, 9.17) is 11.6 Å². The molecule has 14 heavy (non-hydrogen) atoms. The molecule has 6 heteroatoms. The number of nitrogens with one attached hydrogen (secondary N) is 1. The molecular formula is C8H5BrClF2NO. The third-order valence-electron chi connectivity index (χ3n) is 1.39. The predicted octanol–water partition coefficient (Wildman–Crippen LogP) is 3.31. The number of halogens is 4. The van der Waals surface area contributed by atoms with Gasteiger partial charge in [0.25, 0.3) is 5.91 Å². The van der Waals surface area contributed by atoms with E-state index in [0.29, 0.717) is 4.47 Å². The van der Waals surface area contributed by atoms with Crippen molar-refractivity contribution in [2.75, 3.05) is 5.32 Å². The van der Waals surface area contributed by atoms with Crippen LogP contribution in [0.4, 0.5) is 14.5 Å². The summed E-state index contributed by atoms with van der Waals surface area (Å²) in [5.41, 5.74) is 0.167. The van der Waals surface area contributed by atoms with E-state index in [1.54, 1.807) is 6.07 Å². The van der Waals surface area contributed by atoms with E-state index in [1.807, 2.05) is 5.32 Å². The summed E-state index contributed by atoms with van der Waals surface area (Å²) in [6.45, 7) is 0. The molecule has 0 aliphatic heterocycles. The molecule has 0 aliphatic rings. The summed E-state index contributed by atoms with van der Waals surface area (Å²) < 4.78 is 24.4. The maximum atomic E-state index is 11.9. The minimum Gasteiger partial charge on any atom is -0.320 e. The topological polar surface area (TPSA) is 29.1 Å². The zero-order chi connectivity index (χ0) is 10.7. The second-order valence-corrected chi connectivity index (χ2v) is 3.74. The average Bonchev–Trinajstić information content (AvgIpc) is 2.09. The van der Waals surface area contributed by atoms with Crippen LogP contribution in [0.3, 0.4) is 0 Å². The Morgan fingerprint density at radius 2 is 2.14 bits per heavy atom. The fourth-order valence-corrected chi connectivity index (χ4v) is 1.50. The minimum absolute atomic E-state index is 0.167. The van der Waals surface area contributed by atoms with Crippen molar-refractivity contribution in [1.29, 1.82) is 0 Å². The van der Waals surface area contributed by atoms with E-state index in [2.05, 4.69) is 15.9 Å². The zero-order valence-corrected chi connectivity index (χ0v) is 9.07. The summed E-state index contributed by atoms with van der Waals surface area (Å²) in [6.07, 6.45) is -3.05. The predicted molar refractivity (Wildman–Crippen MR) is 53.8 cm³/mol. The third kappa shape index (κ3) is 2.92. The van der Waals surface area contributed by atoms with Gasteiger partial charge in [-0.1, -0.05) is 27.5 Å². The number of alkyl halides is 2. The van der Waals surface area contributed by atoms with Gasteiger partial charge in [-0.05, 0) is 18.2 Å². The molecule has 0 atom stereocenters. The smallest absolute Gasteiger partial charge is 0.315 e. The van der Waals surface area contributed by atoms with Crippen molar-refractivity contribution >= 4 is 39.1 Å². The Balaban J connectivity index is 2.82. The highest BCUT2D eigenvalue weighted by molar-refractivity contribution is 9.10. The van der Waals surface area contributed by atoms with Crippen LogP contribution < -0.4 is 5.32 Å². The first-order valence-corrected chi connectivity index (χ1v) is 4.72. The van der Waals surface area contributed by atoms with Crippen molar-refractivity contribution in [2.24, 2.45) is 0 Å². The number of amides is 1. The lowest BCUT2D eigenvalue weighted by Crippen LogP contribution is -2.20. The highest BCUT2D eigenvalue weighted by atomic mass is 79.9. The van der Waals surface area contributed by atoms with Crippen LogP contribution in [0.2, 0.25) is 5.02 Å². The maximum absolute atomic E-state index is 11.9. The van der Waals surface area contributed by atoms with E-state index < -0.39 is 12.3 Å². The molecule has 0 spiro atoms. The number of hydrogen-bond donors (Lipinski definition) is 1. The van der Waals surface area contributed by atoms with Crippen molar-refractivity contribution < 1.29 is 13.6 Å². The van der Waals surface area contributed by atoms with Crippen LogP contribution in [0.1, 0.15) is 0 Å². The highest BCUT2D eigenvalue weighted by Gasteiger charge is 2.16. The largest absolute Gasteiger partial charge is 0.320 e. The molecule has 1 amide bonds. The molecule has 0 bridgehead atoms. The Morgan fingerprint density at radius 3 is 2.64 bits per heavy atom. The Morgan fingerprint density at radius 1 is 1.50 bits per heavy atom. The van der Waals surface area contributed by atoms with Crippen LogP contribution in [-0.4, -0.2) is 12.3 Å². The summed E-state index contributed by atoms with van der Waals surface area (Å²) in [5.74, 6) is -1.37. The van der Waals surface area contributed by atoms with Gasteiger partial charge in [-0.2, -0.15) is 8.78 Å². The van der Waals surface area contributed by atoms with Gasteiger partial charge in [-0.3, -0.25) is 4.79 Å². The molecule has 0 aromatic heterocycles. The van der Waals surface area contributed by atoms with Crippen LogP contribution in [-0.2, 0) is 4.79 Å². The molecule has 0 heterocycles. The first-order valence-electron chi connectivity index (χ1n) is 3.55. The zero-order valence-electron chi connectivity index (χ0n) is 6.73. The quantitative estimate of drug-likeness (QED) is 0.887. The molecule has 76 valence electrons. The second-order valence-electron chi connectivity index (χ2n) is 2.41. The molecule has 0 fully saturated rings. The molecule has 1 aromatic rings. The Bertz CT molecular complexity index is 359. The monoisotopic (exact) mass is 283 g/mol. The number of rotatable bonds is 2. The first kappa shape index (κ1) is 11.4. The van der Waals surface area contributed by atoms with Crippen LogP contribution in [0.25, 0.3) is 0 Å². The van der Waals surface area contributed by atoms with E-state index >= 15 is 0 Å². The molecule has 1 rings (SSSR count). The maximum Gasteiger partial charge on any atom is 0.315 e. The molecule has 0 aliphatic carbocycles. The van der Waals surface area contributed by atoms with E-state index in [1.165, 1.54) is 12.1 Å². The van der Waals surface area contributed by atoms with Crippen molar-refractivity contribution in [3.05, 3.63) is 27.7 Å². The van der Waals surface area contributed by atoms with Crippen LogP contribution in [0.15, 0.2) is 22.7 Å². The van der Waals surface area contributed by atoms with Crippen LogP contribution >= 0.6 is 27.5 Å². The lowest BCUT2D eigenvalue weighted by atomic mass is 10.3. The molecule has 2 nitrogen and oxygen atoms in total. The number of benzene rings is 1. The Labute approximate surface area is 92.4 Å². The molecule has 0 radical (unpaired) electrons. The van der Waals surface area contributed by atoms with Gasteiger partial charge in [-0.25, -0.2) is 0 Å². The Kier molecular flexibility index (Phi) is 3.83. The number of carbonyl (C=O) groups excluding carboxylic acids is 1. The van der Waals surface area contributed by atoms with Gasteiger partial charge >= 0.3 is 6.43 Å². The molecule has 0 saturated heterocycles. The van der Waals surface area contributed by atoms with Gasteiger partial charge in [0.05, 0.1) is 10.7 Å². The standard InChI is InChI=1S/C8H5BrClF2NO/c9-4-1-2-6(5(10)3-4)13-8(14)7(11)12/h1-3,7H,(H,13,14). The van der Waals surface area contributed by atoms with Gasteiger partial charge in [0.1, 0.15) is 0 Å². The van der Waals surface area contributed by atoms with Crippen LogP contribution in [0.5, 0.6) is 0 Å². The first-order chi connectivity index (χ1) is 6.50. The van der Waals surface area contributed by atoms with E-state index in [0.717, 1.165) is 0 Å². The second kappa shape index (κ2) is 4.70. The fourth-order valence-electron chi connectivity index (χ4n) is 0.778. The number of hydrogen-bond acceptors (Lipinski definition) is 1. The summed E-state index contributed by atoms with van der Waals surface area (Å²) in [5, 5.41) is 2.20. The fraction of sp³-hybridized carbons (Fsp3) is 0.125. The highest BCUT2D eigenvalue weighted by Crippen LogP contribution is 2.25. The SMILES string of the molecule is O=C(Nc1ccc(Br)cc1Cl)C(F)F. The van der Waals surface area contributed by atoms with Crippen LogP contribution in [0, 0.1) is 0 Å². The summed E-state index contributed by atoms with van der Waals surface area (Å²) in [7, 11) is 0. The van der Waals surface area contributed by atoms with Gasteiger partial charge in [0.15, 0.2) is 0 Å². The summed E-state index contributed by atoms with van der Waals surface area (Å²) in [4.78, 5) is 10.6. The van der Waals surface area contributed by atoms with Crippen molar-refractivity contribution in [3.8, 4) is 0 Å². The van der Waals surface area contributed by atoms with Gasteiger partial charge in [0.2, 0.25) is 0 Å². The lowest BCUT2D eigenvalue weighted by molar-refractivity contribution is -0.126. The average molecular weight is 284 g/mol. The molecule has 1 N–H and O–H groups in total. The molecule has 1 aromatic carbocycles. The van der Waals surface area contributed by atoms with Gasteiger partial charge in [-0.15, -0.1) is 0 Å². The van der Waals surface area contributed by atoms with E-state index in [-0.39, 0.29) is 10.7 Å². The van der Waals surface area contributed by atoms with E-state index in [9.17, 15) is 13.6 Å². The molecule has 0 unspecified atom stereocenters. The van der Waals surface area contributed by atoms with Crippen molar-refractivity contribution in [1.82, 2.24) is 0 Å². The normalized spacial score (nSPS) is 10.4. The minimum atomic E-state index is -3.05. The molecular weight excluding hydrogens is 279 g/mol. The lowest BCUT2D eigenvalue weighted by Gasteiger charge is -2.06. The number of anilines is 1. The summed E-state index contributed by atoms with van der Waals surface area (Å²) in [6, 6.07) is 4.53. The van der Waals surface area contributed by atoms with Crippen molar-refractivity contribution in [3.63, 3.8) is 0 Å². The Hall–Kier alpha value is -0.680. The summed E-state index contributed by atoms with van der Waals surface area (Å²) >= 11 is 8.83. The third-order valence-corrected chi connectivity index (χ3v) is 2.19. The van der Waals surface area contributed by atoms with Gasteiger partial charge < -0.3 is 5.32 Å². The van der Waals surface area contributed by atoms with Gasteiger partial charge in [0, 0.05) is 4.47 Å². The number of carbonyl (C=O) groups is 1. The molecule has 0 saturated carbocycles. The van der Waals surface area contributed by atoms with Crippen molar-refractivity contribution in [2.45, 2.75) is 6.43 Å².